The van der Waals surface area contributed by atoms with Gasteiger partial charge >= 0.3 is 0 Å². The lowest BCUT2D eigenvalue weighted by atomic mass is 9.47. The third-order valence-electron chi connectivity index (χ3n) is 7.89. The zero-order valence-corrected chi connectivity index (χ0v) is 14.0. The fourth-order valence-corrected chi connectivity index (χ4v) is 6.40. The summed E-state index contributed by atoms with van der Waals surface area (Å²) in [6.07, 6.45) is 4.88. The van der Waals surface area contributed by atoms with Crippen LogP contribution in [0.2, 0.25) is 0 Å². The van der Waals surface area contributed by atoms with E-state index in [1.54, 1.807) is 0 Å². The molecule has 128 valence electrons. The number of aliphatic hydroxyl groups excluding tert-OH is 3. The molecule has 0 radical (unpaired) electrons. The number of ketones is 1. The van der Waals surface area contributed by atoms with Crippen molar-refractivity contribution >= 4 is 5.78 Å². The first-order chi connectivity index (χ1) is 10.8. The Hall–Kier alpha value is -0.710. The molecule has 4 aliphatic carbocycles. The van der Waals surface area contributed by atoms with E-state index in [2.05, 4.69) is 6.92 Å². The number of Topliss-reactive ketones (excluding diaryl/α,β-unsaturated/α-hetero) is 1. The van der Waals surface area contributed by atoms with Gasteiger partial charge in [-0.05, 0) is 55.3 Å². The van der Waals surface area contributed by atoms with Crippen LogP contribution in [0.15, 0.2) is 11.6 Å². The number of hydrogen-bond donors (Lipinski definition) is 3. The number of carbonyl (C=O) groups excluding carboxylic acids is 1. The summed E-state index contributed by atoms with van der Waals surface area (Å²) in [5.74, 6) is 0.421. The van der Waals surface area contributed by atoms with Crippen LogP contribution in [0.1, 0.15) is 52.4 Å². The molecule has 3 saturated carbocycles. The van der Waals surface area contributed by atoms with Crippen LogP contribution in [0.4, 0.5) is 0 Å². The van der Waals surface area contributed by atoms with Crippen LogP contribution in [0.25, 0.3) is 0 Å². The van der Waals surface area contributed by atoms with Gasteiger partial charge in [0.15, 0.2) is 5.78 Å². The quantitative estimate of drug-likeness (QED) is 0.595. The molecule has 5 unspecified atom stereocenters. The predicted molar refractivity (Wildman–Crippen MR) is 85.5 cm³/mol. The first-order valence-electron chi connectivity index (χ1n) is 9.05. The summed E-state index contributed by atoms with van der Waals surface area (Å²) in [7, 11) is 0. The second-order valence-corrected chi connectivity index (χ2v) is 8.90. The Morgan fingerprint density at radius 1 is 1.04 bits per heavy atom. The minimum absolute atomic E-state index is 0.0288. The number of rotatable bonds is 0. The Balaban J connectivity index is 1.75. The van der Waals surface area contributed by atoms with Crippen molar-refractivity contribution in [3.8, 4) is 0 Å². The van der Waals surface area contributed by atoms with Gasteiger partial charge in [0, 0.05) is 11.8 Å². The number of hydrogen-bond acceptors (Lipinski definition) is 4. The molecule has 3 fully saturated rings. The lowest BCUT2D eigenvalue weighted by Gasteiger charge is -2.58. The van der Waals surface area contributed by atoms with Gasteiger partial charge < -0.3 is 15.3 Å². The van der Waals surface area contributed by atoms with Gasteiger partial charge in [-0.3, -0.25) is 4.79 Å². The zero-order valence-electron chi connectivity index (χ0n) is 14.0. The molecule has 4 aliphatic rings. The van der Waals surface area contributed by atoms with Crippen molar-refractivity contribution in [1.82, 2.24) is 0 Å². The van der Waals surface area contributed by atoms with Crippen molar-refractivity contribution < 1.29 is 20.1 Å². The summed E-state index contributed by atoms with van der Waals surface area (Å²) in [5.41, 5.74) is 0.856. The topological polar surface area (TPSA) is 77.8 Å². The highest BCUT2D eigenvalue weighted by Gasteiger charge is 2.62. The Morgan fingerprint density at radius 3 is 2.52 bits per heavy atom. The fourth-order valence-electron chi connectivity index (χ4n) is 6.40. The predicted octanol–water partition coefficient (Wildman–Crippen LogP) is 1.82. The molecule has 0 heterocycles. The zero-order chi connectivity index (χ0) is 16.6. The van der Waals surface area contributed by atoms with Crippen LogP contribution >= 0.6 is 0 Å². The number of carbonyl (C=O) groups is 1. The Labute approximate surface area is 137 Å². The molecule has 4 nitrogen and oxygen atoms in total. The molecule has 0 bridgehead atoms. The highest BCUT2D eigenvalue weighted by molar-refractivity contribution is 5.86. The van der Waals surface area contributed by atoms with Crippen molar-refractivity contribution in [2.75, 3.05) is 0 Å². The lowest BCUT2D eigenvalue weighted by molar-refractivity contribution is -0.130. The van der Waals surface area contributed by atoms with E-state index in [0.29, 0.717) is 18.8 Å². The van der Waals surface area contributed by atoms with Crippen LogP contribution in [0, 0.1) is 28.6 Å². The van der Waals surface area contributed by atoms with Crippen molar-refractivity contribution in [1.29, 1.82) is 0 Å². The molecule has 0 amide bonds. The molecular weight excluding hydrogens is 292 g/mol. The summed E-state index contributed by atoms with van der Waals surface area (Å²) < 4.78 is 0. The molecule has 23 heavy (non-hydrogen) atoms. The van der Waals surface area contributed by atoms with Gasteiger partial charge in [-0.25, -0.2) is 0 Å². The van der Waals surface area contributed by atoms with Crippen LogP contribution < -0.4 is 0 Å². The van der Waals surface area contributed by atoms with Crippen LogP contribution in [0.3, 0.4) is 0 Å². The van der Waals surface area contributed by atoms with E-state index in [1.165, 1.54) is 5.57 Å². The number of aliphatic hydroxyl groups is 3. The van der Waals surface area contributed by atoms with Crippen molar-refractivity contribution in [3.05, 3.63) is 11.6 Å². The van der Waals surface area contributed by atoms with E-state index >= 15 is 0 Å². The largest absolute Gasteiger partial charge is 0.393 e. The van der Waals surface area contributed by atoms with E-state index in [4.69, 9.17) is 0 Å². The van der Waals surface area contributed by atoms with Gasteiger partial charge in [0.25, 0.3) is 0 Å². The van der Waals surface area contributed by atoms with E-state index in [1.807, 2.05) is 13.0 Å². The standard InChI is InChI=1S/C19H28O4/c1-18-5-3-11(20)7-10(18)8-14(21)16-12(18)4-6-19(2)13(16)9-15(22)17(19)23/h8,11-14,16-17,20-21,23H,3-7,9H2,1-2H3/t11-,12?,13?,14+,16?,17-,18?,19?/m0/s1. The highest BCUT2D eigenvalue weighted by atomic mass is 16.3. The first-order valence-corrected chi connectivity index (χ1v) is 9.05. The SMILES string of the molecule is CC12CC[C@H](O)CC1=C[C@@H](O)C1C2CCC2(C)C1CC(=O)[C@@H]2O. The maximum absolute atomic E-state index is 12.2. The molecule has 0 aromatic rings. The first kappa shape index (κ1) is 15.8. The summed E-state index contributed by atoms with van der Waals surface area (Å²) in [4.78, 5) is 12.2. The summed E-state index contributed by atoms with van der Waals surface area (Å²) >= 11 is 0. The van der Waals surface area contributed by atoms with Crippen molar-refractivity contribution in [2.45, 2.75) is 70.7 Å². The smallest absolute Gasteiger partial charge is 0.162 e. The second-order valence-electron chi connectivity index (χ2n) is 8.90. The van der Waals surface area contributed by atoms with Crippen molar-refractivity contribution in [3.63, 3.8) is 0 Å². The van der Waals surface area contributed by atoms with Gasteiger partial charge in [-0.2, -0.15) is 0 Å². The second kappa shape index (κ2) is 4.90. The molecule has 0 aromatic heterocycles. The maximum atomic E-state index is 12.2. The minimum Gasteiger partial charge on any atom is -0.393 e. The summed E-state index contributed by atoms with van der Waals surface area (Å²) in [5, 5.41) is 31.2. The molecule has 4 rings (SSSR count). The molecule has 0 saturated heterocycles. The van der Waals surface area contributed by atoms with Crippen LogP contribution in [-0.4, -0.2) is 39.4 Å². The van der Waals surface area contributed by atoms with Crippen molar-refractivity contribution in [2.24, 2.45) is 28.6 Å². The Morgan fingerprint density at radius 2 is 1.78 bits per heavy atom. The lowest BCUT2D eigenvalue weighted by Crippen LogP contribution is -2.55. The molecule has 3 N–H and O–H groups in total. The monoisotopic (exact) mass is 320 g/mol. The molecule has 0 aromatic carbocycles. The maximum Gasteiger partial charge on any atom is 0.162 e. The average molecular weight is 320 g/mol. The van der Waals surface area contributed by atoms with Gasteiger partial charge in [0.1, 0.15) is 6.10 Å². The molecule has 0 spiro atoms. The Kier molecular flexibility index (Phi) is 3.37. The van der Waals surface area contributed by atoms with E-state index in [9.17, 15) is 20.1 Å². The highest BCUT2D eigenvalue weighted by Crippen LogP contribution is 2.64. The van der Waals surface area contributed by atoms with Gasteiger partial charge in [0.05, 0.1) is 12.2 Å². The fraction of sp³-hybridized carbons (Fsp3) is 0.842. The van der Waals surface area contributed by atoms with E-state index in [0.717, 1.165) is 25.7 Å². The normalized spacial score (nSPS) is 55.7. The number of fused-ring (bicyclic) bond motifs is 5. The summed E-state index contributed by atoms with van der Waals surface area (Å²) in [6, 6.07) is 0. The molecule has 8 atom stereocenters. The van der Waals surface area contributed by atoms with E-state index in [-0.39, 0.29) is 34.6 Å². The Bertz CT molecular complexity index is 570. The minimum atomic E-state index is -0.869. The van der Waals surface area contributed by atoms with Crippen LogP contribution in [-0.2, 0) is 4.79 Å². The van der Waals surface area contributed by atoms with Gasteiger partial charge in [-0.15, -0.1) is 0 Å². The molecule has 4 heteroatoms. The molecular formula is C19H28O4. The average Bonchev–Trinajstić information content (AvgIpc) is 2.73. The third-order valence-corrected chi connectivity index (χ3v) is 7.89. The summed E-state index contributed by atoms with van der Waals surface area (Å²) in [6.45, 7) is 4.31. The van der Waals surface area contributed by atoms with E-state index < -0.39 is 12.2 Å². The third kappa shape index (κ3) is 1.98. The van der Waals surface area contributed by atoms with Crippen LogP contribution in [0.5, 0.6) is 0 Å². The van der Waals surface area contributed by atoms with Gasteiger partial charge in [0.2, 0.25) is 0 Å². The van der Waals surface area contributed by atoms with Gasteiger partial charge in [-0.1, -0.05) is 25.5 Å². The molecule has 0 aliphatic heterocycles.